The predicted octanol–water partition coefficient (Wildman–Crippen LogP) is 1.02. The van der Waals surface area contributed by atoms with Crippen LogP contribution < -0.4 is 11.3 Å². The van der Waals surface area contributed by atoms with Crippen molar-refractivity contribution in [1.82, 2.24) is 10.3 Å². The standard InChI is InChI=1S/C11H23N3O/c1-3-10-5-4-8-14(10)9(2)6-7-11(15)13-12/h9-10H,3-8,12H2,1-2H3,(H,13,15). The molecule has 88 valence electrons. The first kappa shape index (κ1) is 12.5. The Kier molecular flexibility index (Phi) is 5.05. The van der Waals surface area contributed by atoms with E-state index in [2.05, 4.69) is 24.2 Å². The van der Waals surface area contributed by atoms with Crippen molar-refractivity contribution in [2.45, 2.75) is 58.0 Å². The van der Waals surface area contributed by atoms with Gasteiger partial charge in [-0.05, 0) is 39.2 Å². The topological polar surface area (TPSA) is 58.4 Å². The number of carbonyl (C=O) groups excluding carboxylic acids is 1. The molecule has 1 aliphatic heterocycles. The molecule has 3 N–H and O–H groups in total. The zero-order chi connectivity index (χ0) is 11.3. The van der Waals surface area contributed by atoms with E-state index in [-0.39, 0.29) is 5.91 Å². The van der Waals surface area contributed by atoms with Crippen LogP contribution in [0, 0.1) is 0 Å². The van der Waals surface area contributed by atoms with Crippen molar-refractivity contribution in [2.24, 2.45) is 5.84 Å². The maximum atomic E-state index is 11.0. The Morgan fingerprint density at radius 1 is 1.67 bits per heavy atom. The molecule has 1 amide bonds. The van der Waals surface area contributed by atoms with Gasteiger partial charge in [-0.1, -0.05) is 6.92 Å². The molecule has 1 aliphatic rings. The van der Waals surface area contributed by atoms with Gasteiger partial charge in [-0.2, -0.15) is 0 Å². The Balaban J connectivity index is 2.32. The van der Waals surface area contributed by atoms with Crippen molar-refractivity contribution in [3.8, 4) is 0 Å². The number of amides is 1. The Bertz CT molecular complexity index is 208. The summed E-state index contributed by atoms with van der Waals surface area (Å²) in [4.78, 5) is 13.6. The second kappa shape index (κ2) is 6.08. The van der Waals surface area contributed by atoms with E-state index in [1.54, 1.807) is 0 Å². The molecule has 0 spiro atoms. The van der Waals surface area contributed by atoms with Gasteiger partial charge < -0.3 is 0 Å². The second-order valence-electron chi connectivity index (χ2n) is 4.40. The molecule has 0 aliphatic carbocycles. The molecule has 0 bridgehead atoms. The lowest BCUT2D eigenvalue weighted by Gasteiger charge is -2.29. The third kappa shape index (κ3) is 3.47. The predicted molar refractivity (Wildman–Crippen MR) is 61.0 cm³/mol. The van der Waals surface area contributed by atoms with E-state index in [0.29, 0.717) is 12.5 Å². The first-order valence-corrected chi connectivity index (χ1v) is 5.94. The molecule has 2 unspecified atom stereocenters. The van der Waals surface area contributed by atoms with Crippen LogP contribution in [0.4, 0.5) is 0 Å². The lowest BCUT2D eigenvalue weighted by molar-refractivity contribution is -0.121. The molecule has 1 rings (SSSR count). The van der Waals surface area contributed by atoms with Crippen molar-refractivity contribution in [2.75, 3.05) is 6.54 Å². The highest BCUT2D eigenvalue weighted by molar-refractivity contribution is 5.75. The molecule has 4 heteroatoms. The van der Waals surface area contributed by atoms with E-state index >= 15 is 0 Å². The Labute approximate surface area is 92.2 Å². The largest absolute Gasteiger partial charge is 0.298 e. The number of carbonyl (C=O) groups is 1. The van der Waals surface area contributed by atoms with Crippen LogP contribution in [0.1, 0.15) is 46.0 Å². The van der Waals surface area contributed by atoms with Gasteiger partial charge in [-0.15, -0.1) is 0 Å². The van der Waals surface area contributed by atoms with Gasteiger partial charge in [0.15, 0.2) is 0 Å². The number of nitrogens with one attached hydrogen (secondary N) is 1. The number of hydrogen-bond acceptors (Lipinski definition) is 3. The van der Waals surface area contributed by atoms with Gasteiger partial charge in [0.05, 0.1) is 0 Å². The molecule has 1 heterocycles. The minimum atomic E-state index is -0.0610. The van der Waals surface area contributed by atoms with Crippen LogP contribution >= 0.6 is 0 Å². The van der Waals surface area contributed by atoms with E-state index in [0.717, 1.165) is 12.5 Å². The summed E-state index contributed by atoms with van der Waals surface area (Å²) < 4.78 is 0. The van der Waals surface area contributed by atoms with Gasteiger partial charge >= 0.3 is 0 Å². The number of nitrogens with two attached hydrogens (primary N) is 1. The van der Waals surface area contributed by atoms with E-state index in [4.69, 9.17) is 5.84 Å². The molecule has 1 fully saturated rings. The van der Waals surface area contributed by atoms with Crippen molar-refractivity contribution in [1.29, 1.82) is 0 Å². The van der Waals surface area contributed by atoms with Crippen molar-refractivity contribution < 1.29 is 4.79 Å². The van der Waals surface area contributed by atoms with Crippen LogP contribution in [0.3, 0.4) is 0 Å². The highest BCUT2D eigenvalue weighted by Crippen LogP contribution is 2.23. The second-order valence-corrected chi connectivity index (χ2v) is 4.40. The summed E-state index contributed by atoms with van der Waals surface area (Å²) in [5.41, 5.74) is 2.18. The summed E-state index contributed by atoms with van der Waals surface area (Å²) in [5.74, 6) is 4.99. The van der Waals surface area contributed by atoms with Crippen LogP contribution in [-0.2, 0) is 4.79 Å². The zero-order valence-corrected chi connectivity index (χ0v) is 9.83. The molecular formula is C11H23N3O. The normalized spacial score (nSPS) is 24.1. The van der Waals surface area contributed by atoms with Gasteiger partial charge in [-0.25, -0.2) is 5.84 Å². The van der Waals surface area contributed by atoms with E-state index in [9.17, 15) is 4.79 Å². The third-order valence-corrected chi connectivity index (χ3v) is 3.41. The molecular weight excluding hydrogens is 190 g/mol. The number of rotatable bonds is 5. The Hall–Kier alpha value is -0.610. The highest BCUT2D eigenvalue weighted by atomic mass is 16.2. The number of likely N-dealkylation sites (tertiary alicyclic amines) is 1. The summed E-state index contributed by atoms with van der Waals surface area (Å²) in [6.45, 7) is 5.63. The first-order valence-electron chi connectivity index (χ1n) is 5.94. The fourth-order valence-corrected chi connectivity index (χ4v) is 2.45. The van der Waals surface area contributed by atoms with E-state index in [1.807, 2.05) is 0 Å². The van der Waals surface area contributed by atoms with Crippen LogP contribution in [0.15, 0.2) is 0 Å². The Morgan fingerprint density at radius 3 is 3.00 bits per heavy atom. The molecule has 0 saturated carbocycles. The Morgan fingerprint density at radius 2 is 2.40 bits per heavy atom. The first-order chi connectivity index (χ1) is 7.19. The van der Waals surface area contributed by atoms with E-state index < -0.39 is 0 Å². The molecule has 0 radical (unpaired) electrons. The molecule has 1 saturated heterocycles. The van der Waals surface area contributed by atoms with Crippen LogP contribution in [0.5, 0.6) is 0 Å². The van der Waals surface area contributed by atoms with Gasteiger partial charge in [0.2, 0.25) is 5.91 Å². The summed E-state index contributed by atoms with van der Waals surface area (Å²) >= 11 is 0. The number of hydrazine groups is 1. The minimum absolute atomic E-state index is 0.0610. The summed E-state index contributed by atoms with van der Waals surface area (Å²) in [6.07, 6.45) is 5.26. The molecule has 0 aromatic heterocycles. The maximum Gasteiger partial charge on any atom is 0.233 e. The van der Waals surface area contributed by atoms with Crippen LogP contribution in [0.25, 0.3) is 0 Å². The van der Waals surface area contributed by atoms with Gasteiger partial charge in [0, 0.05) is 18.5 Å². The SMILES string of the molecule is CCC1CCCN1C(C)CCC(=O)NN. The maximum absolute atomic E-state index is 11.0. The summed E-state index contributed by atoms with van der Waals surface area (Å²) in [6, 6.07) is 1.22. The van der Waals surface area contributed by atoms with Gasteiger partial charge in [-0.3, -0.25) is 15.1 Å². The van der Waals surface area contributed by atoms with Gasteiger partial charge in [0.1, 0.15) is 0 Å². The molecule has 0 aromatic rings. The van der Waals surface area contributed by atoms with Crippen molar-refractivity contribution in [3.05, 3.63) is 0 Å². The lowest BCUT2D eigenvalue weighted by atomic mass is 10.1. The minimum Gasteiger partial charge on any atom is -0.298 e. The number of nitrogens with zero attached hydrogens (tertiary/aromatic N) is 1. The number of hydrogen-bond donors (Lipinski definition) is 2. The van der Waals surface area contributed by atoms with Crippen molar-refractivity contribution >= 4 is 5.91 Å². The zero-order valence-electron chi connectivity index (χ0n) is 9.83. The van der Waals surface area contributed by atoms with Crippen LogP contribution in [0.2, 0.25) is 0 Å². The fraction of sp³-hybridized carbons (Fsp3) is 0.909. The summed E-state index contributed by atoms with van der Waals surface area (Å²) in [7, 11) is 0. The molecule has 4 nitrogen and oxygen atoms in total. The molecule has 0 aromatic carbocycles. The van der Waals surface area contributed by atoms with E-state index in [1.165, 1.54) is 25.8 Å². The average molecular weight is 213 g/mol. The average Bonchev–Trinajstić information content (AvgIpc) is 2.73. The van der Waals surface area contributed by atoms with Gasteiger partial charge in [0.25, 0.3) is 0 Å². The molecule has 15 heavy (non-hydrogen) atoms. The third-order valence-electron chi connectivity index (χ3n) is 3.41. The fourth-order valence-electron chi connectivity index (χ4n) is 2.45. The summed E-state index contributed by atoms with van der Waals surface area (Å²) in [5, 5.41) is 0. The lowest BCUT2D eigenvalue weighted by Crippen LogP contribution is -2.38. The highest BCUT2D eigenvalue weighted by Gasteiger charge is 2.26. The van der Waals surface area contributed by atoms with Crippen LogP contribution in [-0.4, -0.2) is 29.4 Å². The smallest absolute Gasteiger partial charge is 0.233 e. The monoisotopic (exact) mass is 213 g/mol. The quantitative estimate of drug-likeness (QED) is 0.407. The van der Waals surface area contributed by atoms with Crippen molar-refractivity contribution in [3.63, 3.8) is 0 Å². The molecule has 2 atom stereocenters.